The van der Waals surface area contributed by atoms with Crippen LogP contribution in [0, 0.1) is 11.6 Å². The molecule has 2 aromatic heterocycles. The number of halogens is 2. The molecule has 0 fully saturated rings. The number of nitrogens with zero attached hydrogens (tertiary/aromatic N) is 2. The second-order valence-electron chi connectivity index (χ2n) is 5.24. The molecule has 0 saturated carbocycles. The van der Waals surface area contributed by atoms with E-state index in [-0.39, 0.29) is 11.1 Å². The Bertz CT molecular complexity index is 1100. The van der Waals surface area contributed by atoms with E-state index in [0.29, 0.717) is 28.1 Å². The molecule has 5 nitrogen and oxygen atoms in total. The Hall–Kier alpha value is -3.35. The minimum atomic E-state index is -0.500. The summed E-state index contributed by atoms with van der Waals surface area (Å²) in [5.74, 6) is -0.577. The van der Waals surface area contributed by atoms with Gasteiger partial charge in [0.1, 0.15) is 17.5 Å². The van der Waals surface area contributed by atoms with Crippen molar-refractivity contribution in [1.82, 2.24) is 19.9 Å². The summed E-state index contributed by atoms with van der Waals surface area (Å²) >= 11 is 0. The van der Waals surface area contributed by atoms with Crippen LogP contribution in [0.4, 0.5) is 8.78 Å². The second-order valence-corrected chi connectivity index (χ2v) is 5.24. The van der Waals surface area contributed by atoms with E-state index in [4.69, 9.17) is 0 Å². The third-order valence-corrected chi connectivity index (χ3v) is 3.64. The minimum absolute atomic E-state index is 0.264. The third-order valence-electron chi connectivity index (χ3n) is 3.64. The predicted octanol–water partition coefficient (Wildman–Crippen LogP) is 3.26. The van der Waals surface area contributed by atoms with Crippen LogP contribution in [0.15, 0.2) is 53.6 Å². The van der Waals surface area contributed by atoms with Gasteiger partial charge in [0.25, 0.3) is 5.56 Å². The zero-order chi connectivity index (χ0) is 16.7. The summed E-state index contributed by atoms with van der Waals surface area (Å²) in [5.41, 5.74) is 1.96. The summed E-state index contributed by atoms with van der Waals surface area (Å²) in [7, 11) is 0. The maximum Gasteiger partial charge on any atom is 0.266 e. The van der Waals surface area contributed by atoms with Crippen LogP contribution in [0.5, 0.6) is 0 Å². The predicted molar refractivity (Wildman–Crippen MR) is 85.3 cm³/mol. The van der Waals surface area contributed by atoms with E-state index in [1.807, 2.05) is 0 Å². The Kier molecular flexibility index (Phi) is 3.19. The quantitative estimate of drug-likeness (QED) is 0.594. The smallest absolute Gasteiger partial charge is 0.266 e. The van der Waals surface area contributed by atoms with Crippen LogP contribution in [0.25, 0.3) is 33.7 Å². The third kappa shape index (κ3) is 2.45. The first kappa shape index (κ1) is 14.3. The zero-order valence-electron chi connectivity index (χ0n) is 12.2. The van der Waals surface area contributed by atoms with Crippen molar-refractivity contribution in [3.63, 3.8) is 0 Å². The number of H-pyrrole nitrogens is 2. The first-order valence-electron chi connectivity index (χ1n) is 7.10. The summed E-state index contributed by atoms with van der Waals surface area (Å²) < 4.78 is 27.7. The molecule has 0 unspecified atom stereocenters. The summed E-state index contributed by atoms with van der Waals surface area (Å²) in [6, 6.07) is 8.68. The SMILES string of the molecule is O=c1cnc(-c2ccc(-c3nc4ccc(F)cc4[nH]3)c(F)c2)c[nH]1. The normalized spacial score (nSPS) is 11.1. The van der Waals surface area contributed by atoms with Gasteiger partial charge >= 0.3 is 0 Å². The standard InChI is InChI=1S/C17H10F2N4O/c18-10-2-4-13-14(6-10)23-17(22-13)11-3-1-9(5-12(11)19)15-7-21-16(24)8-20-15/h1-8H,(H,21,24)(H,22,23). The van der Waals surface area contributed by atoms with E-state index in [2.05, 4.69) is 19.9 Å². The van der Waals surface area contributed by atoms with Crippen molar-refractivity contribution in [2.24, 2.45) is 0 Å². The van der Waals surface area contributed by atoms with E-state index in [0.717, 1.165) is 6.20 Å². The van der Waals surface area contributed by atoms with E-state index in [1.54, 1.807) is 12.1 Å². The lowest BCUT2D eigenvalue weighted by Crippen LogP contribution is -2.04. The molecule has 0 spiro atoms. The highest BCUT2D eigenvalue weighted by atomic mass is 19.1. The Morgan fingerprint density at radius 1 is 1.04 bits per heavy atom. The van der Waals surface area contributed by atoms with Crippen molar-refractivity contribution >= 4 is 11.0 Å². The molecule has 0 aliphatic rings. The average molecular weight is 324 g/mol. The Morgan fingerprint density at radius 2 is 1.92 bits per heavy atom. The highest BCUT2D eigenvalue weighted by Crippen LogP contribution is 2.27. The fourth-order valence-corrected chi connectivity index (χ4v) is 2.48. The molecule has 4 rings (SSSR count). The van der Waals surface area contributed by atoms with Gasteiger partial charge in [-0.1, -0.05) is 6.07 Å². The van der Waals surface area contributed by atoms with Crippen LogP contribution in [-0.4, -0.2) is 19.9 Å². The lowest BCUT2D eigenvalue weighted by molar-refractivity contribution is 0.629. The van der Waals surface area contributed by atoms with Gasteiger partial charge in [-0.15, -0.1) is 0 Å². The molecule has 0 aliphatic heterocycles. The van der Waals surface area contributed by atoms with Gasteiger partial charge in [0.2, 0.25) is 0 Å². The lowest BCUT2D eigenvalue weighted by atomic mass is 10.1. The van der Waals surface area contributed by atoms with Gasteiger partial charge in [-0.25, -0.2) is 18.7 Å². The molecule has 0 saturated heterocycles. The van der Waals surface area contributed by atoms with Gasteiger partial charge in [0.15, 0.2) is 0 Å². The number of benzene rings is 2. The van der Waals surface area contributed by atoms with Crippen molar-refractivity contribution in [3.8, 4) is 22.6 Å². The Balaban J connectivity index is 1.78. The van der Waals surface area contributed by atoms with Crippen LogP contribution in [0.1, 0.15) is 0 Å². The number of imidazole rings is 1. The monoisotopic (exact) mass is 324 g/mol. The number of nitrogens with one attached hydrogen (secondary N) is 2. The van der Waals surface area contributed by atoms with Crippen molar-refractivity contribution in [2.45, 2.75) is 0 Å². The van der Waals surface area contributed by atoms with Crippen LogP contribution < -0.4 is 5.56 Å². The maximum atomic E-state index is 14.5. The van der Waals surface area contributed by atoms with Gasteiger partial charge in [-0.2, -0.15) is 0 Å². The average Bonchev–Trinajstić information content (AvgIpc) is 2.98. The number of hydrogen-bond acceptors (Lipinski definition) is 3. The highest BCUT2D eigenvalue weighted by Gasteiger charge is 2.12. The first-order chi connectivity index (χ1) is 11.6. The van der Waals surface area contributed by atoms with Crippen molar-refractivity contribution in [3.05, 3.63) is 70.8 Å². The molecule has 7 heteroatoms. The van der Waals surface area contributed by atoms with E-state index >= 15 is 0 Å². The van der Waals surface area contributed by atoms with Gasteiger partial charge in [-0.05, 0) is 30.3 Å². The molecule has 2 aromatic carbocycles. The molecule has 0 radical (unpaired) electrons. The topological polar surface area (TPSA) is 74.4 Å². The molecule has 2 N–H and O–H groups in total. The van der Waals surface area contributed by atoms with Gasteiger partial charge in [0.05, 0.1) is 28.5 Å². The lowest BCUT2D eigenvalue weighted by Gasteiger charge is -2.03. The molecule has 0 aliphatic carbocycles. The molecule has 4 aromatic rings. The second kappa shape index (κ2) is 5.38. The molecule has 0 amide bonds. The van der Waals surface area contributed by atoms with Crippen molar-refractivity contribution < 1.29 is 8.78 Å². The largest absolute Gasteiger partial charge is 0.338 e. The molecule has 0 atom stereocenters. The van der Waals surface area contributed by atoms with Crippen LogP contribution in [0.2, 0.25) is 0 Å². The van der Waals surface area contributed by atoms with E-state index < -0.39 is 11.6 Å². The van der Waals surface area contributed by atoms with Crippen LogP contribution in [-0.2, 0) is 0 Å². The highest BCUT2D eigenvalue weighted by molar-refractivity contribution is 5.80. The van der Waals surface area contributed by atoms with Crippen LogP contribution in [0.3, 0.4) is 0 Å². The fourth-order valence-electron chi connectivity index (χ4n) is 2.48. The van der Waals surface area contributed by atoms with E-state index in [9.17, 15) is 13.6 Å². The number of aromatic nitrogens is 4. The van der Waals surface area contributed by atoms with Gasteiger partial charge < -0.3 is 9.97 Å². The number of hydrogen-bond donors (Lipinski definition) is 2. The van der Waals surface area contributed by atoms with Crippen molar-refractivity contribution in [2.75, 3.05) is 0 Å². The summed E-state index contributed by atoms with van der Waals surface area (Å²) in [6.07, 6.45) is 2.55. The molecule has 2 heterocycles. The maximum absolute atomic E-state index is 14.5. The zero-order valence-corrected chi connectivity index (χ0v) is 12.2. The molecule has 0 bridgehead atoms. The summed E-state index contributed by atoms with van der Waals surface area (Å²) in [6.45, 7) is 0. The van der Waals surface area contributed by atoms with Gasteiger partial charge in [-0.3, -0.25) is 4.79 Å². The summed E-state index contributed by atoms with van der Waals surface area (Å²) in [4.78, 5) is 24.7. The molecule has 118 valence electrons. The van der Waals surface area contributed by atoms with Crippen molar-refractivity contribution in [1.29, 1.82) is 0 Å². The number of fused-ring (bicyclic) bond motifs is 1. The fraction of sp³-hybridized carbons (Fsp3) is 0. The van der Waals surface area contributed by atoms with E-state index in [1.165, 1.54) is 30.5 Å². The number of aromatic amines is 2. The Morgan fingerprint density at radius 3 is 2.67 bits per heavy atom. The Labute approximate surface area is 134 Å². The van der Waals surface area contributed by atoms with Crippen LogP contribution >= 0.6 is 0 Å². The molecular formula is C17H10F2N4O. The molecular weight excluding hydrogens is 314 g/mol. The first-order valence-corrected chi connectivity index (χ1v) is 7.10. The minimum Gasteiger partial charge on any atom is -0.338 e. The van der Waals surface area contributed by atoms with Gasteiger partial charge in [0, 0.05) is 11.8 Å². The molecule has 24 heavy (non-hydrogen) atoms. The summed E-state index contributed by atoms with van der Waals surface area (Å²) in [5, 5.41) is 0. The number of rotatable bonds is 2.